The molecule has 1 aliphatic carbocycles. The standard InChI is InChI=1S/C20H25NO3S2/c22-20(19-15-16-9-4-1-2-7-12-18(16)25-19)21-13-8-14-26(23,24)17-10-5-3-6-11-17/h3,5-6,10-11,15H,1-2,4,7-9,12-14H2,(H,21,22). The Balaban J connectivity index is 1.51. The number of hydrogen-bond acceptors (Lipinski definition) is 4. The largest absolute Gasteiger partial charge is 0.351 e. The highest BCUT2D eigenvalue weighted by Crippen LogP contribution is 2.28. The molecular weight excluding hydrogens is 366 g/mol. The molecule has 1 aromatic heterocycles. The molecule has 0 radical (unpaired) electrons. The summed E-state index contributed by atoms with van der Waals surface area (Å²) < 4.78 is 24.5. The van der Waals surface area contributed by atoms with E-state index in [1.165, 1.54) is 36.1 Å². The minimum absolute atomic E-state index is 0.0399. The monoisotopic (exact) mass is 391 g/mol. The lowest BCUT2D eigenvalue weighted by molar-refractivity contribution is 0.0957. The van der Waals surface area contributed by atoms with Gasteiger partial charge in [-0.25, -0.2) is 8.42 Å². The van der Waals surface area contributed by atoms with Crippen molar-refractivity contribution in [2.24, 2.45) is 0 Å². The Hall–Kier alpha value is -1.66. The van der Waals surface area contributed by atoms with Crippen LogP contribution in [0.25, 0.3) is 0 Å². The molecule has 140 valence electrons. The SMILES string of the molecule is O=C(NCCCS(=O)(=O)c1ccccc1)c1cc2c(s1)CCCCCC2. The lowest BCUT2D eigenvalue weighted by Gasteiger charge is -2.07. The average molecular weight is 392 g/mol. The fraction of sp³-hybridized carbons (Fsp3) is 0.450. The predicted octanol–water partition coefficient (Wildman–Crippen LogP) is 4.00. The number of aryl methyl sites for hydroxylation is 2. The summed E-state index contributed by atoms with van der Waals surface area (Å²) in [5.74, 6) is -0.0445. The van der Waals surface area contributed by atoms with Crippen LogP contribution in [0.1, 0.15) is 52.2 Å². The van der Waals surface area contributed by atoms with Crippen LogP contribution in [-0.4, -0.2) is 26.6 Å². The Bertz CT molecular complexity index is 816. The van der Waals surface area contributed by atoms with Gasteiger partial charge in [-0.15, -0.1) is 11.3 Å². The highest BCUT2D eigenvalue weighted by Gasteiger charge is 2.17. The summed E-state index contributed by atoms with van der Waals surface area (Å²) in [6.07, 6.45) is 7.49. The molecule has 1 aromatic carbocycles. The fourth-order valence-corrected chi connectivity index (χ4v) is 5.75. The van der Waals surface area contributed by atoms with Gasteiger partial charge in [0, 0.05) is 11.4 Å². The van der Waals surface area contributed by atoms with E-state index < -0.39 is 9.84 Å². The maximum Gasteiger partial charge on any atom is 0.261 e. The number of rotatable bonds is 6. The molecule has 0 saturated carbocycles. The summed E-state index contributed by atoms with van der Waals surface area (Å²) >= 11 is 1.60. The molecule has 3 rings (SSSR count). The number of carbonyl (C=O) groups is 1. The second-order valence-electron chi connectivity index (χ2n) is 6.71. The molecule has 0 saturated heterocycles. The van der Waals surface area contributed by atoms with Gasteiger partial charge in [-0.2, -0.15) is 0 Å². The molecule has 1 aliphatic rings. The van der Waals surface area contributed by atoms with Crippen molar-refractivity contribution in [1.82, 2.24) is 5.32 Å². The molecule has 1 amide bonds. The van der Waals surface area contributed by atoms with E-state index in [1.807, 2.05) is 6.07 Å². The molecular formula is C20H25NO3S2. The summed E-state index contributed by atoms with van der Waals surface area (Å²) in [5.41, 5.74) is 1.33. The average Bonchev–Trinajstić information content (AvgIpc) is 3.01. The van der Waals surface area contributed by atoms with Crippen molar-refractivity contribution >= 4 is 27.1 Å². The van der Waals surface area contributed by atoms with Gasteiger partial charge in [0.2, 0.25) is 0 Å². The van der Waals surface area contributed by atoms with Crippen LogP contribution in [-0.2, 0) is 22.7 Å². The predicted molar refractivity (Wildman–Crippen MR) is 106 cm³/mol. The van der Waals surface area contributed by atoms with Crippen LogP contribution in [0, 0.1) is 0 Å². The van der Waals surface area contributed by atoms with Crippen LogP contribution < -0.4 is 5.32 Å². The highest BCUT2D eigenvalue weighted by molar-refractivity contribution is 7.91. The molecule has 0 bridgehead atoms. The van der Waals surface area contributed by atoms with E-state index in [0.717, 1.165) is 17.7 Å². The first-order valence-electron chi connectivity index (χ1n) is 9.24. The summed E-state index contributed by atoms with van der Waals surface area (Å²) in [7, 11) is -3.28. The van der Waals surface area contributed by atoms with Gasteiger partial charge in [0.15, 0.2) is 9.84 Å². The summed E-state index contributed by atoms with van der Waals surface area (Å²) in [5, 5.41) is 2.87. The van der Waals surface area contributed by atoms with E-state index in [2.05, 4.69) is 5.32 Å². The first kappa shape index (κ1) is 19.1. The maximum atomic E-state index is 12.4. The van der Waals surface area contributed by atoms with E-state index in [1.54, 1.807) is 41.7 Å². The zero-order valence-electron chi connectivity index (χ0n) is 14.9. The van der Waals surface area contributed by atoms with Gasteiger partial charge < -0.3 is 5.32 Å². The molecule has 0 aliphatic heterocycles. The molecule has 0 atom stereocenters. The van der Waals surface area contributed by atoms with Crippen LogP contribution >= 0.6 is 11.3 Å². The Morgan fingerprint density at radius 1 is 1.04 bits per heavy atom. The summed E-state index contributed by atoms with van der Waals surface area (Å²) in [4.78, 5) is 14.8. The first-order valence-corrected chi connectivity index (χ1v) is 11.7. The number of benzene rings is 1. The van der Waals surface area contributed by atoms with Gasteiger partial charge in [-0.1, -0.05) is 31.0 Å². The first-order chi connectivity index (χ1) is 12.6. The van der Waals surface area contributed by atoms with Crippen molar-refractivity contribution in [2.75, 3.05) is 12.3 Å². The molecule has 1 heterocycles. The molecule has 4 nitrogen and oxygen atoms in total. The number of nitrogens with one attached hydrogen (secondary N) is 1. The van der Waals surface area contributed by atoms with Crippen LogP contribution in [0.4, 0.5) is 0 Å². The van der Waals surface area contributed by atoms with Crippen molar-refractivity contribution in [2.45, 2.75) is 49.8 Å². The lowest BCUT2D eigenvalue weighted by atomic mass is 10.00. The third kappa shape index (κ3) is 4.95. The topological polar surface area (TPSA) is 63.2 Å². The van der Waals surface area contributed by atoms with Crippen molar-refractivity contribution in [3.05, 3.63) is 51.7 Å². The minimum atomic E-state index is -3.28. The van der Waals surface area contributed by atoms with Gasteiger partial charge in [0.25, 0.3) is 5.91 Å². The number of hydrogen-bond donors (Lipinski definition) is 1. The Labute approximate surface area is 159 Å². The smallest absolute Gasteiger partial charge is 0.261 e. The van der Waals surface area contributed by atoms with Gasteiger partial charge in [-0.05, 0) is 55.9 Å². The normalized spacial score (nSPS) is 14.9. The third-order valence-corrected chi connectivity index (χ3v) is 7.75. The maximum absolute atomic E-state index is 12.4. The number of sulfone groups is 1. The van der Waals surface area contributed by atoms with Gasteiger partial charge in [0.05, 0.1) is 15.5 Å². The lowest BCUT2D eigenvalue weighted by Crippen LogP contribution is -2.25. The Morgan fingerprint density at radius 2 is 1.77 bits per heavy atom. The zero-order chi connectivity index (χ0) is 18.4. The molecule has 26 heavy (non-hydrogen) atoms. The number of fused-ring (bicyclic) bond motifs is 1. The molecule has 0 fully saturated rings. The molecule has 1 N–H and O–H groups in total. The van der Waals surface area contributed by atoms with E-state index in [4.69, 9.17) is 0 Å². The van der Waals surface area contributed by atoms with Crippen LogP contribution in [0.5, 0.6) is 0 Å². The van der Waals surface area contributed by atoms with Gasteiger partial charge >= 0.3 is 0 Å². The van der Waals surface area contributed by atoms with Gasteiger partial charge in [-0.3, -0.25) is 4.79 Å². The highest BCUT2D eigenvalue weighted by atomic mass is 32.2. The number of thiophene rings is 1. The van der Waals surface area contributed by atoms with Gasteiger partial charge in [0.1, 0.15) is 0 Å². The molecule has 0 spiro atoms. The van der Waals surface area contributed by atoms with E-state index in [9.17, 15) is 13.2 Å². The third-order valence-electron chi connectivity index (χ3n) is 4.70. The molecule has 2 aromatic rings. The quantitative estimate of drug-likeness (QED) is 0.757. The summed E-state index contributed by atoms with van der Waals surface area (Å²) in [6, 6.07) is 10.5. The number of carbonyl (C=O) groups excluding carboxylic acids is 1. The second kappa shape index (κ2) is 8.82. The van der Waals surface area contributed by atoms with Crippen LogP contribution in [0.2, 0.25) is 0 Å². The fourth-order valence-electron chi connectivity index (χ4n) is 3.25. The molecule has 6 heteroatoms. The van der Waals surface area contributed by atoms with Crippen molar-refractivity contribution < 1.29 is 13.2 Å². The van der Waals surface area contributed by atoms with Crippen molar-refractivity contribution in [1.29, 1.82) is 0 Å². The van der Waals surface area contributed by atoms with E-state index >= 15 is 0 Å². The van der Waals surface area contributed by atoms with Crippen LogP contribution in [0.15, 0.2) is 41.3 Å². The van der Waals surface area contributed by atoms with Crippen molar-refractivity contribution in [3.63, 3.8) is 0 Å². The Kier molecular flexibility index (Phi) is 6.48. The second-order valence-corrected chi connectivity index (χ2v) is 9.96. The van der Waals surface area contributed by atoms with Crippen LogP contribution in [0.3, 0.4) is 0 Å². The van der Waals surface area contributed by atoms with E-state index in [-0.39, 0.29) is 11.7 Å². The summed E-state index contributed by atoms with van der Waals surface area (Å²) in [6.45, 7) is 0.369. The zero-order valence-corrected chi connectivity index (χ0v) is 16.5. The molecule has 0 unspecified atom stereocenters. The minimum Gasteiger partial charge on any atom is -0.351 e. The Morgan fingerprint density at radius 3 is 2.54 bits per heavy atom. The van der Waals surface area contributed by atoms with E-state index in [0.29, 0.717) is 17.9 Å². The number of amides is 1. The van der Waals surface area contributed by atoms with Crippen molar-refractivity contribution in [3.8, 4) is 0 Å².